The molecule has 0 spiro atoms. The van der Waals surface area contributed by atoms with Crippen LogP contribution in [0.5, 0.6) is 17.2 Å². The molecule has 0 aliphatic carbocycles. The quantitative estimate of drug-likeness (QED) is 0.360. The second kappa shape index (κ2) is 11.0. The highest BCUT2D eigenvalue weighted by Crippen LogP contribution is 2.40. The number of hydrogen-bond donors (Lipinski definition) is 0. The summed E-state index contributed by atoms with van der Waals surface area (Å²) < 4.78 is 27.1. The maximum absolute atomic E-state index is 12.0. The van der Waals surface area contributed by atoms with Gasteiger partial charge in [0.05, 0.1) is 33.1 Å². The minimum absolute atomic E-state index is 0.367. The van der Waals surface area contributed by atoms with Gasteiger partial charge in [-0.1, -0.05) is 5.16 Å². The highest BCUT2D eigenvalue weighted by Gasteiger charge is 2.22. The molecule has 11 heteroatoms. The van der Waals surface area contributed by atoms with Crippen LogP contribution in [0.1, 0.15) is 17.9 Å². The highest BCUT2D eigenvalue weighted by molar-refractivity contribution is 8.15. The fraction of sp³-hybridized carbons (Fsp3) is 0.292. The molecular formula is C24H24N4O6S. The molecule has 0 saturated carbocycles. The van der Waals surface area contributed by atoms with Crippen molar-refractivity contribution in [2.24, 2.45) is 9.98 Å². The van der Waals surface area contributed by atoms with Crippen molar-refractivity contribution < 1.29 is 28.3 Å². The molecule has 1 aliphatic rings. The molecule has 3 aromatic rings. The third-order valence-corrected chi connectivity index (χ3v) is 5.64. The Balaban J connectivity index is 1.82. The summed E-state index contributed by atoms with van der Waals surface area (Å²) in [7, 11) is 2.83. The molecule has 0 saturated heterocycles. The van der Waals surface area contributed by atoms with Crippen LogP contribution in [0, 0.1) is 6.92 Å². The van der Waals surface area contributed by atoms with Crippen LogP contribution >= 0.6 is 11.8 Å². The molecule has 0 unspecified atom stereocenters. The first-order valence-corrected chi connectivity index (χ1v) is 11.9. The third kappa shape index (κ3) is 5.62. The second-order valence-corrected chi connectivity index (χ2v) is 8.09. The van der Waals surface area contributed by atoms with Gasteiger partial charge >= 0.3 is 6.09 Å². The van der Waals surface area contributed by atoms with Gasteiger partial charge in [0.15, 0.2) is 11.5 Å². The topological polar surface area (TPSA) is 118 Å². The van der Waals surface area contributed by atoms with Crippen LogP contribution in [0.15, 0.2) is 50.9 Å². The number of methoxy groups -OCH3 is 2. The number of thioether (sulfide) groups is 1. The summed E-state index contributed by atoms with van der Waals surface area (Å²) in [4.78, 5) is 25.1. The number of carbonyl (C=O) groups excluding carboxylic acids is 1. The number of ether oxygens (including phenoxy) is 4. The van der Waals surface area contributed by atoms with Gasteiger partial charge in [0.2, 0.25) is 17.5 Å². The number of benzene rings is 2. The number of fused-ring (bicyclic) bond motifs is 1. The van der Waals surface area contributed by atoms with Crippen LogP contribution in [0.3, 0.4) is 0 Å². The largest absolute Gasteiger partial charge is 0.493 e. The molecule has 2 heterocycles. The normalized spacial score (nSPS) is 13.8. The lowest BCUT2D eigenvalue weighted by Gasteiger charge is -2.15. The van der Waals surface area contributed by atoms with E-state index >= 15 is 0 Å². The summed E-state index contributed by atoms with van der Waals surface area (Å²) in [6.45, 7) is 2.76. The Morgan fingerprint density at radius 1 is 1.11 bits per heavy atom. The van der Waals surface area contributed by atoms with Crippen molar-refractivity contribution in [2.75, 3.05) is 33.7 Å². The van der Waals surface area contributed by atoms with Crippen molar-refractivity contribution in [1.82, 2.24) is 10.1 Å². The van der Waals surface area contributed by atoms with Gasteiger partial charge in [-0.05, 0) is 42.7 Å². The van der Waals surface area contributed by atoms with E-state index in [0.717, 1.165) is 12.0 Å². The van der Waals surface area contributed by atoms with E-state index in [9.17, 15) is 4.79 Å². The van der Waals surface area contributed by atoms with Crippen molar-refractivity contribution in [2.45, 2.75) is 13.3 Å². The summed E-state index contributed by atoms with van der Waals surface area (Å²) >= 11 is 1.27. The molecule has 2 aromatic carbocycles. The van der Waals surface area contributed by atoms with Crippen molar-refractivity contribution in [3.8, 4) is 28.6 Å². The number of aromatic nitrogens is 2. The zero-order valence-corrected chi connectivity index (χ0v) is 20.5. The van der Waals surface area contributed by atoms with E-state index in [1.54, 1.807) is 26.4 Å². The van der Waals surface area contributed by atoms with Crippen LogP contribution in [0.25, 0.3) is 11.4 Å². The van der Waals surface area contributed by atoms with Crippen molar-refractivity contribution in [1.29, 1.82) is 0 Å². The smallest absolute Gasteiger partial charge is 0.434 e. The number of nitrogens with zero attached hydrogens (tertiary/aromatic N) is 4. The molecule has 4 rings (SSSR count). The SMILES string of the molecule is COC(=O)/N=C(\SC)C(=Nc1ccc(-c2noc(C)n2)cc1)c1cc(OC)c2c(c1)OCCCO2. The number of rotatable bonds is 5. The maximum Gasteiger partial charge on any atom is 0.434 e. The van der Waals surface area contributed by atoms with Crippen LogP contribution in [0.4, 0.5) is 10.5 Å². The van der Waals surface area contributed by atoms with E-state index in [1.165, 1.54) is 18.9 Å². The lowest BCUT2D eigenvalue weighted by molar-refractivity contribution is 0.183. The summed E-state index contributed by atoms with van der Waals surface area (Å²) in [5.41, 5.74) is 2.50. The molecule has 1 aromatic heterocycles. The number of aryl methyl sites for hydroxylation is 1. The van der Waals surface area contributed by atoms with Gasteiger partial charge in [-0.15, -0.1) is 11.8 Å². The maximum atomic E-state index is 12.0. The number of aliphatic imine (C=N–C) groups is 2. The Labute approximate surface area is 206 Å². The first-order valence-electron chi connectivity index (χ1n) is 10.7. The van der Waals surface area contributed by atoms with E-state index in [-0.39, 0.29) is 0 Å². The van der Waals surface area contributed by atoms with Gasteiger partial charge in [-0.2, -0.15) is 9.98 Å². The Bertz CT molecular complexity index is 1270. The molecule has 182 valence electrons. The van der Waals surface area contributed by atoms with Crippen LogP contribution in [-0.2, 0) is 4.74 Å². The van der Waals surface area contributed by atoms with Gasteiger partial charge in [0.1, 0.15) is 10.8 Å². The molecule has 1 aliphatic heterocycles. The van der Waals surface area contributed by atoms with Crippen LogP contribution in [0.2, 0.25) is 0 Å². The molecule has 0 radical (unpaired) electrons. The second-order valence-electron chi connectivity index (χ2n) is 7.29. The number of amides is 1. The zero-order chi connectivity index (χ0) is 24.8. The first-order chi connectivity index (χ1) is 17.0. The predicted octanol–water partition coefficient (Wildman–Crippen LogP) is 4.86. The van der Waals surface area contributed by atoms with E-state index in [2.05, 4.69) is 15.1 Å². The fourth-order valence-electron chi connectivity index (χ4n) is 3.32. The summed E-state index contributed by atoms with van der Waals surface area (Å²) in [5, 5.41) is 4.31. The van der Waals surface area contributed by atoms with Gasteiger partial charge < -0.3 is 23.5 Å². The minimum Gasteiger partial charge on any atom is -0.493 e. The molecular weight excluding hydrogens is 472 g/mol. The summed E-state index contributed by atoms with van der Waals surface area (Å²) in [6, 6.07) is 10.9. The van der Waals surface area contributed by atoms with Crippen LogP contribution < -0.4 is 14.2 Å². The summed E-state index contributed by atoms with van der Waals surface area (Å²) in [6.07, 6.45) is 1.82. The van der Waals surface area contributed by atoms with Crippen molar-refractivity contribution >= 4 is 34.3 Å². The standard InChI is InChI=1S/C24H24N4O6S/c1-14-25-22(28-34-14)15-6-8-17(9-7-15)26-20(23(35-4)27-24(29)31-3)16-12-18(30-2)21-19(13-16)32-10-5-11-33-21/h6-9,12-13H,5,10-11H2,1-4H3/b26-20?,27-23-. The number of hydrogen-bond acceptors (Lipinski definition) is 10. The Hall–Kier alpha value is -3.86. The first kappa shape index (κ1) is 24.3. The molecule has 0 atom stereocenters. The highest BCUT2D eigenvalue weighted by atomic mass is 32.2. The zero-order valence-electron chi connectivity index (χ0n) is 19.7. The molecule has 0 bridgehead atoms. The van der Waals surface area contributed by atoms with Gasteiger partial charge in [0.25, 0.3) is 0 Å². The lowest BCUT2D eigenvalue weighted by Crippen LogP contribution is -2.15. The molecule has 0 N–H and O–H groups in total. The molecule has 10 nitrogen and oxygen atoms in total. The molecule has 35 heavy (non-hydrogen) atoms. The molecule has 0 fully saturated rings. The van der Waals surface area contributed by atoms with Crippen molar-refractivity contribution in [3.05, 3.63) is 47.9 Å². The van der Waals surface area contributed by atoms with E-state index in [1.807, 2.05) is 30.3 Å². The monoisotopic (exact) mass is 496 g/mol. The van der Waals surface area contributed by atoms with Crippen molar-refractivity contribution in [3.63, 3.8) is 0 Å². The van der Waals surface area contributed by atoms with Gasteiger partial charge in [0, 0.05) is 24.5 Å². The van der Waals surface area contributed by atoms with Crippen LogP contribution in [-0.4, -0.2) is 60.7 Å². The molecule has 1 amide bonds. The Morgan fingerprint density at radius 2 is 1.89 bits per heavy atom. The van der Waals surface area contributed by atoms with E-state index < -0.39 is 6.09 Å². The number of carbonyl (C=O) groups is 1. The van der Waals surface area contributed by atoms with Gasteiger partial charge in [-0.25, -0.2) is 9.79 Å². The lowest BCUT2D eigenvalue weighted by atomic mass is 10.1. The minimum atomic E-state index is -0.730. The van der Waals surface area contributed by atoms with E-state index in [0.29, 0.717) is 64.2 Å². The fourth-order valence-corrected chi connectivity index (χ4v) is 3.84. The Kier molecular flexibility index (Phi) is 7.66. The average molecular weight is 497 g/mol. The average Bonchev–Trinajstić information content (AvgIpc) is 3.17. The van der Waals surface area contributed by atoms with Gasteiger partial charge in [-0.3, -0.25) is 0 Å². The van der Waals surface area contributed by atoms with E-state index in [4.69, 9.17) is 28.5 Å². The summed E-state index contributed by atoms with van der Waals surface area (Å²) in [5.74, 6) is 2.53. The predicted molar refractivity (Wildman–Crippen MR) is 133 cm³/mol. The Morgan fingerprint density at radius 3 is 2.54 bits per heavy atom. The third-order valence-electron chi connectivity index (χ3n) is 4.96.